The number of carbonyl (C=O) groups excluding carboxylic acids is 1. The molecule has 0 aliphatic rings. The highest BCUT2D eigenvalue weighted by atomic mass is 16.5. The minimum atomic E-state index is -0.244. The second-order valence-electron chi connectivity index (χ2n) is 4.00. The fraction of sp³-hybridized carbons (Fsp3) is 0.286. The smallest absolute Gasteiger partial charge is 0.319 e. The van der Waals surface area contributed by atoms with Gasteiger partial charge in [-0.2, -0.15) is 0 Å². The average molecular weight is 244 g/mol. The Labute approximate surface area is 106 Å². The molecule has 0 atom stereocenters. The topological polar surface area (TPSA) is 51.2 Å². The molecule has 0 amide bonds. The fourth-order valence-electron chi connectivity index (χ4n) is 1.85. The monoisotopic (exact) mass is 244 g/mol. The molecule has 0 fully saturated rings. The van der Waals surface area contributed by atoms with E-state index in [1.54, 1.807) is 6.20 Å². The summed E-state index contributed by atoms with van der Waals surface area (Å²) in [7, 11) is 1.39. The number of esters is 1. The number of rotatable bonds is 5. The standard InChI is InChI=1S/C14H16N2O2/c1-18-13(17)10-15-9-7-12-5-2-4-11-6-3-8-16-14(11)12/h2-6,8,15H,7,9-10H2,1H3. The van der Waals surface area contributed by atoms with Crippen LogP contribution in [0, 0.1) is 0 Å². The molecular formula is C14H16N2O2. The molecule has 1 aromatic heterocycles. The van der Waals surface area contributed by atoms with Crippen molar-refractivity contribution >= 4 is 16.9 Å². The van der Waals surface area contributed by atoms with Crippen molar-refractivity contribution in [3.63, 3.8) is 0 Å². The predicted molar refractivity (Wildman–Crippen MR) is 70.3 cm³/mol. The van der Waals surface area contributed by atoms with Crippen LogP contribution in [0.5, 0.6) is 0 Å². The van der Waals surface area contributed by atoms with Crippen LogP contribution in [0.3, 0.4) is 0 Å². The molecule has 2 rings (SSSR count). The van der Waals surface area contributed by atoms with Gasteiger partial charge in [-0.3, -0.25) is 9.78 Å². The first-order chi connectivity index (χ1) is 8.81. The Balaban J connectivity index is 1.97. The minimum Gasteiger partial charge on any atom is -0.468 e. The van der Waals surface area contributed by atoms with E-state index in [-0.39, 0.29) is 12.5 Å². The van der Waals surface area contributed by atoms with Crippen molar-refractivity contribution in [1.82, 2.24) is 10.3 Å². The summed E-state index contributed by atoms with van der Waals surface area (Å²) in [6.45, 7) is 0.972. The predicted octanol–water partition coefficient (Wildman–Crippen LogP) is 1.54. The van der Waals surface area contributed by atoms with Crippen molar-refractivity contribution in [3.8, 4) is 0 Å². The second-order valence-corrected chi connectivity index (χ2v) is 4.00. The number of nitrogens with zero attached hydrogens (tertiary/aromatic N) is 1. The lowest BCUT2D eigenvalue weighted by molar-refractivity contribution is -0.139. The second kappa shape index (κ2) is 6.12. The molecule has 0 unspecified atom stereocenters. The summed E-state index contributed by atoms with van der Waals surface area (Å²) in [5.74, 6) is -0.244. The van der Waals surface area contributed by atoms with Gasteiger partial charge in [-0.15, -0.1) is 0 Å². The number of aromatic nitrogens is 1. The number of para-hydroxylation sites is 1. The molecule has 94 valence electrons. The maximum absolute atomic E-state index is 10.9. The molecule has 4 heteroatoms. The zero-order valence-electron chi connectivity index (χ0n) is 10.3. The normalized spacial score (nSPS) is 10.5. The van der Waals surface area contributed by atoms with E-state index in [0.717, 1.165) is 23.9 Å². The van der Waals surface area contributed by atoms with E-state index < -0.39 is 0 Å². The number of benzene rings is 1. The van der Waals surface area contributed by atoms with Crippen molar-refractivity contribution in [1.29, 1.82) is 0 Å². The summed E-state index contributed by atoms with van der Waals surface area (Å²) >= 11 is 0. The molecule has 1 heterocycles. The number of hydrogen-bond donors (Lipinski definition) is 1. The summed E-state index contributed by atoms with van der Waals surface area (Å²) in [6, 6.07) is 10.1. The number of nitrogens with one attached hydrogen (secondary N) is 1. The third-order valence-corrected chi connectivity index (χ3v) is 2.78. The quantitative estimate of drug-likeness (QED) is 0.640. The van der Waals surface area contributed by atoms with Gasteiger partial charge in [0.15, 0.2) is 0 Å². The van der Waals surface area contributed by atoms with Crippen molar-refractivity contribution in [2.45, 2.75) is 6.42 Å². The SMILES string of the molecule is COC(=O)CNCCc1cccc2cccnc12. The van der Waals surface area contributed by atoms with Gasteiger partial charge >= 0.3 is 5.97 Å². The number of methoxy groups -OCH3 is 1. The molecule has 0 spiro atoms. The molecule has 0 saturated carbocycles. The van der Waals surface area contributed by atoms with Gasteiger partial charge < -0.3 is 10.1 Å². The molecule has 1 N–H and O–H groups in total. The Kier molecular flexibility index (Phi) is 4.25. The van der Waals surface area contributed by atoms with Crippen LogP contribution in [0.2, 0.25) is 0 Å². The highest BCUT2D eigenvalue weighted by molar-refractivity contribution is 5.81. The molecule has 0 aliphatic carbocycles. The lowest BCUT2D eigenvalue weighted by atomic mass is 10.1. The number of hydrogen-bond acceptors (Lipinski definition) is 4. The summed E-state index contributed by atoms with van der Waals surface area (Å²) in [5.41, 5.74) is 2.21. The van der Waals surface area contributed by atoms with Crippen LogP contribution in [0.15, 0.2) is 36.5 Å². The molecule has 2 aromatic rings. The zero-order chi connectivity index (χ0) is 12.8. The highest BCUT2D eigenvalue weighted by Gasteiger charge is 2.02. The number of pyridine rings is 1. The van der Waals surface area contributed by atoms with E-state index in [9.17, 15) is 4.79 Å². The molecule has 18 heavy (non-hydrogen) atoms. The third-order valence-electron chi connectivity index (χ3n) is 2.78. The number of ether oxygens (including phenoxy) is 1. The summed E-state index contributed by atoms with van der Waals surface area (Å²) in [4.78, 5) is 15.3. The summed E-state index contributed by atoms with van der Waals surface area (Å²) in [6.07, 6.45) is 2.64. The lowest BCUT2D eigenvalue weighted by Gasteiger charge is -2.06. The Hall–Kier alpha value is -1.94. The van der Waals surface area contributed by atoms with Crippen LogP contribution in [0.1, 0.15) is 5.56 Å². The van der Waals surface area contributed by atoms with Gasteiger partial charge in [0.25, 0.3) is 0 Å². The number of fused-ring (bicyclic) bond motifs is 1. The van der Waals surface area contributed by atoms with E-state index in [2.05, 4.69) is 21.1 Å². The fourth-order valence-corrected chi connectivity index (χ4v) is 1.85. The molecule has 1 aromatic carbocycles. The molecular weight excluding hydrogens is 228 g/mol. The largest absolute Gasteiger partial charge is 0.468 e. The van der Waals surface area contributed by atoms with Crippen molar-refractivity contribution in [2.24, 2.45) is 0 Å². The van der Waals surface area contributed by atoms with E-state index >= 15 is 0 Å². The van der Waals surface area contributed by atoms with Gasteiger partial charge in [0, 0.05) is 11.6 Å². The van der Waals surface area contributed by atoms with Gasteiger partial charge in [-0.1, -0.05) is 24.3 Å². The maximum atomic E-state index is 10.9. The van der Waals surface area contributed by atoms with E-state index in [1.807, 2.05) is 24.3 Å². The van der Waals surface area contributed by atoms with Crippen LogP contribution < -0.4 is 5.32 Å². The molecule has 4 nitrogen and oxygen atoms in total. The van der Waals surface area contributed by atoms with Gasteiger partial charge in [0.05, 0.1) is 19.2 Å². The zero-order valence-corrected chi connectivity index (χ0v) is 10.3. The molecule has 0 aliphatic heterocycles. The van der Waals surface area contributed by atoms with E-state index in [4.69, 9.17) is 0 Å². The molecule has 0 saturated heterocycles. The Bertz CT molecular complexity index is 535. The molecule has 0 radical (unpaired) electrons. The third kappa shape index (κ3) is 3.05. The van der Waals surface area contributed by atoms with Gasteiger partial charge in [0.2, 0.25) is 0 Å². The van der Waals surface area contributed by atoms with Gasteiger partial charge in [0.1, 0.15) is 0 Å². The Morgan fingerprint density at radius 2 is 2.17 bits per heavy atom. The Morgan fingerprint density at radius 3 is 3.00 bits per heavy atom. The van der Waals surface area contributed by atoms with Crippen molar-refractivity contribution < 1.29 is 9.53 Å². The van der Waals surface area contributed by atoms with Crippen molar-refractivity contribution in [3.05, 3.63) is 42.1 Å². The first kappa shape index (κ1) is 12.5. The first-order valence-electron chi connectivity index (χ1n) is 5.91. The van der Waals surface area contributed by atoms with Crippen LogP contribution >= 0.6 is 0 Å². The van der Waals surface area contributed by atoms with Crippen LogP contribution in [-0.4, -0.2) is 31.2 Å². The van der Waals surface area contributed by atoms with Crippen molar-refractivity contribution in [2.75, 3.05) is 20.2 Å². The van der Waals surface area contributed by atoms with Crippen LogP contribution in [0.25, 0.3) is 10.9 Å². The highest BCUT2D eigenvalue weighted by Crippen LogP contribution is 2.15. The van der Waals surface area contributed by atoms with E-state index in [0.29, 0.717) is 0 Å². The number of carbonyl (C=O) groups is 1. The Morgan fingerprint density at radius 1 is 1.33 bits per heavy atom. The summed E-state index contributed by atoms with van der Waals surface area (Å²) in [5, 5.41) is 4.19. The molecule has 0 bridgehead atoms. The van der Waals surface area contributed by atoms with Crippen LogP contribution in [0.4, 0.5) is 0 Å². The lowest BCUT2D eigenvalue weighted by Crippen LogP contribution is -2.25. The van der Waals surface area contributed by atoms with E-state index in [1.165, 1.54) is 12.7 Å². The van der Waals surface area contributed by atoms with Crippen LogP contribution in [-0.2, 0) is 16.0 Å². The maximum Gasteiger partial charge on any atom is 0.319 e. The average Bonchev–Trinajstić information content (AvgIpc) is 2.43. The minimum absolute atomic E-state index is 0.244. The first-order valence-corrected chi connectivity index (χ1v) is 5.91. The van der Waals surface area contributed by atoms with Gasteiger partial charge in [-0.05, 0) is 24.6 Å². The summed E-state index contributed by atoms with van der Waals surface area (Å²) < 4.78 is 4.56. The van der Waals surface area contributed by atoms with Gasteiger partial charge in [-0.25, -0.2) is 0 Å².